The van der Waals surface area contributed by atoms with Crippen molar-refractivity contribution in [3.8, 4) is 11.4 Å². The van der Waals surface area contributed by atoms with Crippen molar-refractivity contribution in [1.29, 1.82) is 0 Å². The molecular weight excluding hydrogens is 354 g/mol. The van der Waals surface area contributed by atoms with Crippen LogP contribution >= 0.6 is 0 Å². The van der Waals surface area contributed by atoms with Gasteiger partial charge in [0.15, 0.2) is 11.5 Å². The number of hydrogen-bond donors (Lipinski definition) is 3. The van der Waals surface area contributed by atoms with Crippen LogP contribution in [0.2, 0.25) is 0 Å². The minimum atomic E-state index is 0.00805. The van der Waals surface area contributed by atoms with E-state index in [1.54, 1.807) is 0 Å². The van der Waals surface area contributed by atoms with Gasteiger partial charge in [-0.05, 0) is 12.8 Å². The number of piperidine rings is 1. The Kier molecular flexibility index (Phi) is 4.40. The lowest BCUT2D eigenvalue weighted by Crippen LogP contribution is -2.40. The van der Waals surface area contributed by atoms with Gasteiger partial charge in [0.2, 0.25) is 0 Å². The Bertz CT molecular complexity index is 978. The van der Waals surface area contributed by atoms with Gasteiger partial charge in [-0.25, -0.2) is 4.98 Å². The summed E-state index contributed by atoms with van der Waals surface area (Å²) >= 11 is 0. The Hall–Kier alpha value is -3.00. The molecule has 1 atom stereocenters. The number of nitrogens with zero attached hydrogens (tertiary/aromatic N) is 4. The number of carbonyl (C=O) groups is 1. The fraction of sp³-hybridized carbons (Fsp3) is 0.400. The summed E-state index contributed by atoms with van der Waals surface area (Å²) in [4.78, 5) is 19.7. The first-order chi connectivity index (χ1) is 13.8. The lowest BCUT2D eigenvalue weighted by Gasteiger charge is -2.31. The number of rotatable bonds is 3. The summed E-state index contributed by atoms with van der Waals surface area (Å²) in [6, 6.07) is 9.93. The molecule has 0 aliphatic carbocycles. The van der Waals surface area contributed by atoms with Crippen molar-refractivity contribution in [3.63, 3.8) is 0 Å². The van der Waals surface area contributed by atoms with Crippen molar-refractivity contribution in [3.05, 3.63) is 53.1 Å². The molecule has 0 bridgehead atoms. The first-order valence-corrected chi connectivity index (χ1v) is 9.83. The van der Waals surface area contributed by atoms with E-state index < -0.39 is 0 Å². The minimum Gasteiger partial charge on any atom is -0.337 e. The Morgan fingerprint density at radius 3 is 2.93 bits per heavy atom. The van der Waals surface area contributed by atoms with Gasteiger partial charge in [0.1, 0.15) is 5.82 Å². The van der Waals surface area contributed by atoms with Crippen LogP contribution in [0.5, 0.6) is 0 Å². The molecule has 1 aromatic carbocycles. The van der Waals surface area contributed by atoms with Gasteiger partial charge in [-0.3, -0.25) is 15.0 Å². The maximum Gasteiger partial charge on any atom is 0.274 e. The highest BCUT2D eigenvalue weighted by molar-refractivity contribution is 5.94. The topological polar surface area (TPSA) is 103 Å². The lowest BCUT2D eigenvalue weighted by molar-refractivity contribution is 0.0697. The van der Waals surface area contributed by atoms with Gasteiger partial charge >= 0.3 is 0 Å². The first-order valence-electron chi connectivity index (χ1n) is 9.83. The standard InChI is InChI=1S/C20H23N7O/c28-20(17-15-11-21-9-8-16(15)23-24-17)27-10-4-7-14(12-27)19-22-18(25-26-19)13-5-2-1-3-6-13/h1-3,5-6,14,21H,4,7-12H2,(H,23,24)(H,22,25,26). The van der Waals surface area contributed by atoms with Crippen LogP contribution in [0.1, 0.15) is 46.3 Å². The van der Waals surface area contributed by atoms with Crippen molar-refractivity contribution in [1.82, 2.24) is 35.6 Å². The minimum absolute atomic E-state index is 0.00805. The van der Waals surface area contributed by atoms with Crippen molar-refractivity contribution in [2.45, 2.75) is 31.7 Å². The predicted octanol–water partition coefficient (Wildman–Crippen LogP) is 1.86. The van der Waals surface area contributed by atoms with Crippen LogP contribution < -0.4 is 5.32 Å². The van der Waals surface area contributed by atoms with E-state index in [0.717, 1.165) is 55.0 Å². The molecule has 144 valence electrons. The van der Waals surface area contributed by atoms with E-state index in [0.29, 0.717) is 24.6 Å². The molecule has 1 unspecified atom stereocenters. The SMILES string of the molecule is O=C(c1n[nH]c2c1CNCC2)N1CCCC(c2nc(-c3ccccc3)n[nH]2)C1. The summed E-state index contributed by atoms with van der Waals surface area (Å²) in [7, 11) is 0. The second kappa shape index (κ2) is 7.20. The Morgan fingerprint density at radius 2 is 2.04 bits per heavy atom. The molecule has 2 aromatic heterocycles. The van der Waals surface area contributed by atoms with Gasteiger partial charge < -0.3 is 10.2 Å². The van der Waals surface area contributed by atoms with Gasteiger partial charge in [-0.2, -0.15) is 10.2 Å². The zero-order chi connectivity index (χ0) is 18.9. The van der Waals surface area contributed by atoms with E-state index in [1.807, 2.05) is 35.2 Å². The molecule has 5 rings (SSSR count). The fourth-order valence-corrected chi connectivity index (χ4v) is 4.11. The van der Waals surface area contributed by atoms with Crippen LogP contribution in [-0.4, -0.2) is 55.8 Å². The number of benzene rings is 1. The van der Waals surface area contributed by atoms with Crippen molar-refractivity contribution >= 4 is 5.91 Å². The number of carbonyl (C=O) groups excluding carboxylic acids is 1. The average molecular weight is 377 g/mol. The maximum absolute atomic E-state index is 13.1. The molecule has 28 heavy (non-hydrogen) atoms. The molecular formula is C20H23N7O. The van der Waals surface area contributed by atoms with Crippen molar-refractivity contribution in [2.24, 2.45) is 0 Å². The fourth-order valence-electron chi connectivity index (χ4n) is 4.11. The van der Waals surface area contributed by atoms with E-state index >= 15 is 0 Å². The summed E-state index contributed by atoms with van der Waals surface area (Å²) in [5.41, 5.74) is 3.65. The van der Waals surface area contributed by atoms with Crippen LogP contribution in [0.15, 0.2) is 30.3 Å². The smallest absolute Gasteiger partial charge is 0.274 e. The van der Waals surface area contributed by atoms with Crippen LogP contribution in [0.25, 0.3) is 11.4 Å². The van der Waals surface area contributed by atoms with Gasteiger partial charge in [0, 0.05) is 55.3 Å². The number of fused-ring (bicyclic) bond motifs is 1. The quantitative estimate of drug-likeness (QED) is 0.647. The van der Waals surface area contributed by atoms with Gasteiger partial charge in [0.25, 0.3) is 5.91 Å². The molecule has 0 saturated carbocycles. The molecule has 2 aliphatic rings. The van der Waals surface area contributed by atoms with Gasteiger partial charge in [0.05, 0.1) is 0 Å². The lowest BCUT2D eigenvalue weighted by atomic mass is 9.96. The van der Waals surface area contributed by atoms with Gasteiger partial charge in [-0.1, -0.05) is 30.3 Å². The number of aromatic nitrogens is 5. The van der Waals surface area contributed by atoms with Crippen molar-refractivity contribution < 1.29 is 4.79 Å². The zero-order valence-corrected chi connectivity index (χ0v) is 15.6. The molecule has 0 spiro atoms. The molecule has 2 aliphatic heterocycles. The summed E-state index contributed by atoms with van der Waals surface area (Å²) in [6.07, 6.45) is 2.83. The van der Waals surface area contributed by atoms with E-state index in [9.17, 15) is 4.79 Å². The Balaban J connectivity index is 1.33. The predicted molar refractivity (Wildman–Crippen MR) is 104 cm³/mol. The summed E-state index contributed by atoms with van der Waals surface area (Å²) in [6.45, 7) is 3.01. The van der Waals surface area contributed by atoms with Crippen LogP contribution in [0.4, 0.5) is 0 Å². The van der Waals surface area contributed by atoms with Crippen LogP contribution in [0.3, 0.4) is 0 Å². The van der Waals surface area contributed by atoms with E-state index in [4.69, 9.17) is 4.98 Å². The largest absolute Gasteiger partial charge is 0.337 e. The first kappa shape index (κ1) is 17.1. The van der Waals surface area contributed by atoms with E-state index in [1.165, 1.54) is 0 Å². The third-order valence-corrected chi connectivity index (χ3v) is 5.64. The number of amides is 1. The van der Waals surface area contributed by atoms with Crippen molar-refractivity contribution in [2.75, 3.05) is 19.6 Å². The summed E-state index contributed by atoms with van der Waals surface area (Å²) in [5, 5.41) is 18.2. The molecule has 1 fully saturated rings. The average Bonchev–Trinajstić information content (AvgIpc) is 3.42. The number of H-pyrrole nitrogens is 2. The highest BCUT2D eigenvalue weighted by Crippen LogP contribution is 2.27. The molecule has 8 heteroatoms. The molecule has 0 radical (unpaired) electrons. The van der Waals surface area contributed by atoms with E-state index in [2.05, 4.69) is 25.7 Å². The molecule has 3 N–H and O–H groups in total. The molecule has 4 heterocycles. The molecule has 1 saturated heterocycles. The Labute approximate surface area is 162 Å². The monoisotopic (exact) mass is 377 g/mol. The number of likely N-dealkylation sites (tertiary alicyclic amines) is 1. The zero-order valence-electron chi connectivity index (χ0n) is 15.6. The number of nitrogens with one attached hydrogen (secondary N) is 3. The normalized spacial score (nSPS) is 19.4. The number of hydrogen-bond acceptors (Lipinski definition) is 5. The summed E-state index contributed by atoms with van der Waals surface area (Å²) < 4.78 is 0. The number of aromatic amines is 2. The van der Waals surface area contributed by atoms with Crippen LogP contribution in [0, 0.1) is 0 Å². The highest BCUT2D eigenvalue weighted by Gasteiger charge is 2.31. The second-order valence-corrected chi connectivity index (χ2v) is 7.46. The molecule has 8 nitrogen and oxygen atoms in total. The van der Waals surface area contributed by atoms with Gasteiger partial charge in [-0.15, -0.1) is 0 Å². The third kappa shape index (κ3) is 3.09. The maximum atomic E-state index is 13.1. The van der Waals surface area contributed by atoms with Crippen LogP contribution in [-0.2, 0) is 13.0 Å². The third-order valence-electron chi connectivity index (χ3n) is 5.64. The molecule has 1 amide bonds. The highest BCUT2D eigenvalue weighted by atomic mass is 16.2. The summed E-state index contributed by atoms with van der Waals surface area (Å²) in [5.74, 6) is 1.72. The second-order valence-electron chi connectivity index (χ2n) is 7.46. The van der Waals surface area contributed by atoms with E-state index in [-0.39, 0.29) is 11.8 Å². The Morgan fingerprint density at radius 1 is 1.14 bits per heavy atom. The molecule has 3 aromatic rings.